The SMILES string of the molecule is Cc1ccc(C2CN(C)C(N)c3c(C(=O)CCl)cccc32)cc1. The van der Waals surface area contributed by atoms with Gasteiger partial charge in [-0.1, -0.05) is 48.0 Å². The summed E-state index contributed by atoms with van der Waals surface area (Å²) >= 11 is 5.78. The average molecular weight is 329 g/mol. The van der Waals surface area contributed by atoms with E-state index in [1.54, 1.807) is 0 Å². The van der Waals surface area contributed by atoms with Crippen LogP contribution in [0.5, 0.6) is 0 Å². The zero-order valence-corrected chi connectivity index (χ0v) is 14.2. The first kappa shape index (κ1) is 16.2. The molecule has 1 aliphatic heterocycles. The third-order valence-corrected chi connectivity index (χ3v) is 4.90. The first-order valence-corrected chi connectivity index (χ1v) is 8.30. The highest BCUT2D eigenvalue weighted by Gasteiger charge is 2.32. The van der Waals surface area contributed by atoms with Crippen molar-refractivity contribution in [2.24, 2.45) is 5.73 Å². The van der Waals surface area contributed by atoms with Crippen LogP contribution in [0.3, 0.4) is 0 Å². The van der Waals surface area contributed by atoms with Crippen LogP contribution in [0.2, 0.25) is 0 Å². The molecule has 0 aliphatic carbocycles. The van der Waals surface area contributed by atoms with Crippen LogP contribution < -0.4 is 5.73 Å². The number of ketones is 1. The smallest absolute Gasteiger partial charge is 0.177 e. The van der Waals surface area contributed by atoms with Crippen LogP contribution in [0.25, 0.3) is 0 Å². The van der Waals surface area contributed by atoms with Gasteiger partial charge in [-0.05, 0) is 30.7 Å². The molecular weight excluding hydrogens is 308 g/mol. The average Bonchev–Trinajstić information content (AvgIpc) is 2.57. The molecule has 0 fully saturated rings. The lowest BCUT2D eigenvalue weighted by molar-refractivity contribution is 0.101. The second kappa shape index (κ2) is 6.44. The number of aryl methyl sites for hydroxylation is 1. The number of halogens is 1. The normalized spacial score (nSPS) is 21.0. The van der Waals surface area contributed by atoms with Gasteiger partial charge in [0.2, 0.25) is 0 Å². The lowest BCUT2D eigenvalue weighted by Gasteiger charge is -2.38. The number of rotatable bonds is 3. The van der Waals surface area contributed by atoms with Gasteiger partial charge >= 0.3 is 0 Å². The Hall–Kier alpha value is -1.68. The van der Waals surface area contributed by atoms with Gasteiger partial charge in [0.25, 0.3) is 0 Å². The summed E-state index contributed by atoms with van der Waals surface area (Å²) in [7, 11) is 2.00. The number of likely N-dealkylation sites (N-methyl/N-ethyl adjacent to an activating group) is 1. The zero-order chi connectivity index (χ0) is 16.6. The third kappa shape index (κ3) is 2.92. The molecule has 23 heavy (non-hydrogen) atoms. The molecular formula is C19H21ClN2O. The van der Waals surface area contributed by atoms with Crippen molar-refractivity contribution in [3.8, 4) is 0 Å². The highest BCUT2D eigenvalue weighted by molar-refractivity contribution is 6.30. The van der Waals surface area contributed by atoms with Gasteiger partial charge in [-0.2, -0.15) is 0 Å². The number of hydrogen-bond acceptors (Lipinski definition) is 3. The quantitative estimate of drug-likeness (QED) is 0.693. The van der Waals surface area contributed by atoms with Crippen LogP contribution in [-0.4, -0.2) is 30.2 Å². The van der Waals surface area contributed by atoms with Crippen molar-refractivity contribution in [3.63, 3.8) is 0 Å². The Kier molecular flexibility index (Phi) is 4.53. The van der Waals surface area contributed by atoms with Crippen LogP contribution in [0, 0.1) is 6.92 Å². The van der Waals surface area contributed by atoms with Crippen LogP contribution in [0.4, 0.5) is 0 Å². The Morgan fingerprint density at radius 3 is 2.61 bits per heavy atom. The molecule has 2 aromatic carbocycles. The number of carbonyl (C=O) groups is 1. The number of fused-ring (bicyclic) bond motifs is 1. The maximum atomic E-state index is 12.2. The van der Waals surface area contributed by atoms with Gasteiger partial charge in [0.05, 0.1) is 12.0 Å². The molecule has 3 rings (SSSR count). The molecule has 3 nitrogen and oxygen atoms in total. The lowest BCUT2D eigenvalue weighted by Crippen LogP contribution is -2.41. The van der Waals surface area contributed by atoms with E-state index in [1.807, 2.05) is 19.2 Å². The van der Waals surface area contributed by atoms with Gasteiger partial charge in [-0.25, -0.2) is 0 Å². The van der Waals surface area contributed by atoms with E-state index < -0.39 is 0 Å². The number of alkyl halides is 1. The van der Waals surface area contributed by atoms with Crippen molar-refractivity contribution in [2.75, 3.05) is 19.5 Å². The van der Waals surface area contributed by atoms with Gasteiger partial charge in [0.15, 0.2) is 5.78 Å². The Bertz CT molecular complexity index is 727. The molecule has 1 aliphatic rings. The Morgan fingerprint density at radius 1 is 1.26 bits per heavy atom. The predicted octanol–water partition coefficient (Wildman–Crippen LogP) is 3.45. The molecule has 0 spiro atoms. The fourth-order valence-electron chi connectivity index (χ4n) is 3.34. The number of nitrogens with two attached hydrogens (primary N) is 1. The third-order valence-electron chi connectivity index (χ3n) is 4.66. The molecule has 120 valence electrons. The van der Waals surface area contributed by atoms with E-state index >= 15 is 0 Å². The highest BCUT2D eigenvalue weighted by atomic mass is 35.5. The second-order valence-corrected chi connectivity index (χ2v) is 6.48. The Morgan fingerprint density at radius 2 is 1.96 bits per heavy atom. The maximum Gasteiger partial charge on any atom is 0.177 e. The molecule has 0 saturated carbocycles. The van der Waals surface area contributed by atoms with Crippen molar-refractivity contribution in [3.05, 3.63) is 70.3 Å². The summed E-state index contributed by atoms with van der Waals surface area (Å²) in [6.45, 7) is 2.91. The molecule has 0 amide bonds. The summed E-state index contributed by atoms with van der Waals surface area (Å²) < 4.78 is 0. The lowest BCUT2D eigenvalue weighted by atomic mass is 9.81. The molecule has 2 unspecified atom stereocenters. The maximum absolute atomic E-state index is 12.2. The van der Waals surface area contributed by atoms with E-state index in [2.05, 4.69) is 42.2 Å². The Balaban J connectivity index is 2.15. The summed E-state index contributed by atoms with van der Waals surface area (Å²) in [4.78, 5) is 14.3. The summed E-state index contributed by atoms with van der Waals surface area (Å²) in [5, 5.41) is 0. The van der Waals surface area contributed by atoms with Crippen molar-refractivity contribution < 1.29 is 4.79 Å². The molecule has 0 bridgehead atoms. The van der Waals surface area contributed by atoms with Crippen LogP contribution in [0.15, 0.2) is 42.5 Å². The summed E-state index contributed by atoms with van der Waals surface area (Å²) in [6.07, 6.45) is -0.282. The highest BCUT2D eigenvalue weighted by Crippen LogP contribution is 2.38. The van der Waals surface area contributed by atoms with Gasteiger partial charge in [-0.3, -0.25) is 9.69 Å². The largest absolute Gasteiger partial charge is 0.312 e. The van der Waals surface area contributed by atoms with E-state index in [9.17, 15) is 4.79 Å². The van der Waals surface area contributed by atoms with Gasteiger partial charge in [0, 0.05) is 18.0 Å². The molecule has 4 heteroatoms. The van der Waals surface area contributed by atoms with Crippen LogP contribution >= 0.6 is 11.6 Å². The van der Waals surface area contributed by atoms with Gasteiger partial charge < -0.3 is 5.73 Å². The van der Waals surface area contributed by atoms with Crippen molar-refractivity contribution >= 4 is 17.4 Å². The van der Waals surface area contributed by atoms with E-state index in [0.717, 1.165) is 17.7 Å². The first-order chi connectivity index (χ1) is 11.0. The fraction of sp³-hybridized carbons (Fsp3) is 0.316. The standard InChI is InChI=1S/C19H21ClN2O/c1-12-6-8-13(9-7-12)16-11-22(2)19(21)18-14(16)4-3-5-15(18)17(23)10-20/h3-9,16,19H,10-11,21H2,1-2H3. The van der Waals surface area contributed by atoms with Crippen molar-refractivity contribution in [1.29, 1.82) is 0 Å². The molecule has 2 atom stereocenters. The van der Waals surface area contributed by atoms with Gasteiger partial charge in [0.1, 0.15) is 0 Å². The fourth-order valence-corrected chi connectivity index (χ4v) is 3.48. The topological polar surface area (TPSA) is 46.3 Å². The minimum absolute atomic E-state index is 0.0257. The zero-order valence-electron chi connectivity index (χ0n) is 13.4. The molecule has 1 heterocycles. The first-order valence-electron chi connectivity index (χ1n) is 7.77. The number of Topliss-reactive ketones (excluding diaryl/α,β-unsaturated/α-hetero) is 1. The monoisotopic (exact) mass is 328 g/mol. The van der Waals surface area contributed by atoms with E-state index in [4.69, 9.17) is 17.3 Å². The van der Waals surface area contributed by atoms with E-state index in [0.29, 0.717) is 5.56 Å². The van der Waals surface area contributed by atoms with Gasteiger partial charge in [-0.15, -0.1) is 11.6 Å². The van der Waals surface area contributed by atoms with Crippen molar-refractivity contribution in [1.82, 2.24) is 4.90 Å². The summed E-state index contributed by atoms with van der Waals surface area (Å²) in [5.74, 6) is 0.109. The van der Waals surface area contributed by atoms with E-state index in [-0.39, 0.29) is 23.7 Å². The van der Waals surface area contributed by atoms with E-state index in [1.165, 1.54) is 11.1 Å². The number of carbonyl (C=O) groups excluding carboxylic acids is 1. The predicted molar refractivity (Wildman–Crippen MR) is 94.1 cm³/mol. The molecule has 0 saturated heterocycles. The van der Waals surface area contributed by atoms with Crippen LogP contribution in [0.1, 0.15) is 44.7 Å². The van der Waals surface area contributed by atoms with Crippen molar-refractivity contribution in [2.45, 2.75) is 19.0 Å². The molecule has 2 N–H and O–H groups in total. The van der Waals surface area contributed by atoms with Crippen LogP contribution in [-0.2, 0) is 0 Å². The molecule has 0 aromatic heterocycles. The minimum atomic E-state index is -0.282. The molecule has 0 radical (unpaired) electrons. The Labute approximate surface area is 142 Å². The number of nitrogens with zero attached hydrogens (tertiary/aromatic N) is 1. The number of hydrogen-bond donors (Lipinski definition) is 1. The second-order valence-electron chi connectivity index (χ2n) is 6.21. The summed E-state index contributed by atoms with van der Waals surface area (Å²) in [6, 6.07) is 14.4. The molecule has 2 aromatic rings. The number of benzene rings is 2. The minimum Gasteiger partial charge on any atom is -0.312 e. The summed E-state index contributed by atoms with van der Waals surface area (Å²) in [5.41, 5.74) is 11.6.